The average Bonchev–Trinajstić information content (AvgIpc) is 2.22. The molecule has 0 aliphatic rings. The van der Waals surface area contributed by atoms with E-state index in [0.717, 1.165) is 6.92 Å². The van der Waals surface area contributed by atoms with Gasteiger partial charge in [-0.1, -0.05) is 0 Å². The number of aliphatic hydroxyl groups is 4. The number of amides is 1. The first-order valence-electron chi connectivity index (χ1n) is 4.42. The van der Waals surface area contributed by atoms with Crippen LogP contribution in [0.15, 0.2) is 0 Å². The highest BCUT2D eigenvalue weighted by Gasteiger charge is 2.35. The molecule has 5 N–H and O–H groups in total. The second-order valence-electron chi connectivity index (χ2n) is 3.21. The molecule has 0 aliphatic carbocycles. The third-order valence-electron chi connectivity index (χ3n) is 1.88. The van der Waals surface area contributed by atoms with Crippen LogP contribution < -0.4 is 5.32 Å². The highest BCUT2D eigenvalue weighted by Crippen LogP contribution is 2.07. The number of aliphatic hydroxyl groups excluding tert-OH is 4. The monoisotopic (exact) mass is 255 g/mol. The first-order chi connectivity index (χ1) is 7.31. The van der Waals surface area contributed by atoms with Crippen molar-refractivity contribution in [1.29, 1.82) is 0 Å². The predicted octanol–water partition coefficient (Wildman–Crippen LogP) is -2.67. The number of carbonyl (C=O) groups is 2. The van der Waals surface area contributed by atoms with E-state index in [1.807, 2.05) is 5.32 Å². The van der Waals surface area contributed by atoms with Gasteiger partial charge in [0.1, 0.15) is 24.4 Å². The van der Waals surface area contributed by atoms with Gasteiger partial charge >= 0.3 is 0 Å². The maximum atomic E-state index is 10.9. The van der Waals surface area contributed by atoms with Gasteiger partial charge in [-0.15, -0.1) is 0 Å². The fourth-order valence-electron chi connectivity index (χ4n) is 1.03. The Labute approximate surface area is 96.6 Å². The van der Waals surface area contributed by atoms with Crippen LogP contribution in [-0.2, 0) is 9.59 Å². The zero-order valence-corrected chi connectivity index (χ0v) is 9.26. The molecule has 1 amide bonds. The van der Waals surface area contributed by atoms with Gasteiger partial charge in [0, 0.05) is 6.92 Å². The molecule has 0 saturated heterocycles. The van der Waals surface area contributed by atoms with Crippen molar-refractivity contribution in [2.24, 2.45) is 0 Å². The minimum absolute atomic E-state index is 0.635. The molecule has 0 saturated carbocycles. The molecule has 94 valence electrons. The van der Waals surface area contributed by atoms with Gasteiger partial charge in [0.2, 0.25) is 11.1 Å². The first-order valence-corrected chi connectivity index (χ1v) is 4.80. The van der Waals surface area contributed by atoms with E-state index in [9.17, 15) is 19.8 Å². The molecule has 0 aliphatic heterocycles. The number of hydrogen-bond acceptors (Lipinski definition) is 6. The van der Waals surface area contributed by atoms with Gasteiger partial charge in [0.25, 0.3) is 0 Å². The van der Waals surface area contributed by atoms with E-state index >= 15 is 0 Å². The smallest absolute Gasteiger partial charge is 0.246 e. The third kappa shape index (κ3) is 4.42. The molecule has 0 aromatic carbocycles. The molecule has 0 aromatic heterocycles. The van der Waals surface area contributed by atoms with E-state index in [1.165, 1.54) is 0 Å². The Hall–Kier alpha value is -0.730. The minimum Gasteiger partial charge on any atom is -0.394 e. The average molecular weight is 256 g/mol. The van der Waals surface area contributed by atoms with Gasteiger partial charge < -0.3 is 25.7 Å². The standard InChI is InChI=1S/C8H14ClNO6/c1-3(12)10-5(8(9)16)7(15)6(14)4(13)2-11/h4-7,11,13-15H,2H2,1H3,(H,10,12)/t4-,5-,6+,7-/m1/s1. The van der Waals surface area contributed by atoms with Crippen molar-refractivity contribution in [1.82, 2.24) is 5.32 Å². The van der Waals surface area contributed by atoms with Crippen LogP contribution in [-0.4, -0.2) is 62.5 Å². The summed E-state index contributed by atoms with van der Waals surface area (Å²) in [5.41, 5.74) is 0. The molecule has 7 nitrogen and oxygen atoms in total. The maximum Gasteiger partial charge on any atom is 0.246 e. The van der Waals surface area contributed by atoms with Crippen molar-refractivity contribution in [2.45, 2.75) is 31.3 Å². The van der Waals surface area contributed by atoms with Gasteiger partial charge in [-0.25, -0.2) is 0 Å². The van der Waals surface area contributed by atoms with Crippen LogP contribution in [0.3, 0.4) is 0 Å². The van der Waals surface area contributed by atoms with Gasteiger partial charge in [-0.05, 0) is 11.6 Å². The topological polar surface area (TPSA) is 127 Å². The summed E-state index contributed by atoms with van der Waals surface area (Å²) >= 11 is 5.11. The van der Waals surface area contributed by atoms with E-state index in [2.05, 4.69) is 0 Å². The van der Waals surface area contributed by atoms with E-state index in [1.54, 1.807) is 0 Å². The van der Waals surface area contributed by atoms with Crippen molar-refractivity contribution in [3.63, 3.8) is 0 Å². The lowest BCUT2D eigenvalue weighted by atomic mass is 10.0. The van der Waals surface area contributed by atoms with Crippen LogP contribution >= 0.6 is 11.6 Å². The lowest BCUT2D eigenvalue weighted by Crippen LogP contribution is -2.54. The number of rotatable bonds is 6. The number of carbonyl (C=O) groups excluding carboxylic acids is 2. The predicted molar refractivity (Wildman–Crippen MR) is 53.6 cm³/mol. The lowest BCUT2D eigenvalue weighted by Gasteiger charge is -2.26. The Bertz CT molecular complexity index is 261. The van der Waals surface area contributed by atoms with Gasteiger partial charge in [0.15, 0.2) is 0 Å². The van der Waals surface area contributed by atoms with Crippen molar-refractivity contribution in [3.8, 4) is 0 Å². The Morgan fingerprint density at radius 2 is 1.75 bits per heavy atom. The highest BCUT2D eigenvalue weighted by atomic mass is 35.5. The van der Waals surface area contributed by atoms with Crippen LogP contribution in [0.5, 0.6) is 0 Å². The molecule has 0 aromatic rings. The summed E-state index contributed by atoms with van der Waals surface area (Å²) in [4.78, 5) is 21.6. The van der Waals surface area contributed by atoms with Crippen LogP contribution in [0.1, 0.15) is 6.92 Å². The largest absolute Gasteiger partial charge is 0.394 e. The summed E-state index contributed by atoms with van der Waals surface area (Å²) in [7, 11) is 0. The first kappa shape index (κ1) is 15.3. The lowest BCUT2D eigenvalue weighted by molar-refractivity contribution is -0.131. The molecule has 4 atom stereocenters. The van der Waals surface area contributed by atoms with E-state index in [-0.39, 0.29) is 0 Å². The van der Waals surface area contributed by atoms with Crippen LogP contribution in [0, 0.1) is 0 Å². The minimum atomic E-state index is -1.81. The van der Waals surface area contributed by atoms with E-state index < -0.39 is 42.1 Å². The van der Waals surface area contributed by atoms with E-state index in [0.29, 0.717) is 0 Å². The Morgan fingerprint density at radius 1 is 1.25 bits per heavy atom. The molecular weight excluding hydrogens is 242 g/mol. The van der Waals surface area contributed by atoms with Gasteiger partial charge in [-0.3, -0.25) is 9.59 Å². The third-order valence-corrected chi connectivity index (χ3v) is 2.11. The van der Waals surface area contributed by atoms with Crippen LogP contribution in [0.4, 0.5) is 0 Å². The molecule has 8 heteroatoms. The van der Waals surface area contributed by atoms with Gasteiger partial charge in [0.05, 0.1) is 6.61 Å². The fraction of sp³-hybridized carbons (Fsp3) is 0.750. The number of halogens is 1. The second-order valence-corrected chi connectivity index (χ2v) is 3.59. The number of nitrogens with one attached hydrogen (secondary N) is 1. The molecule has 16 heavy (non-hydrogen) atoms. The Balaban J connectivity index is 4.66. The van der Waals surface area contributed by atoms with E-state index in [4.69, 9.17) is 21.8 Å². The molecule has 0 bridgehead atoms. The van der Waals surface area contributed by atoms with Crippen molar-refractivity contribution in [3.05, 3.63) is 0 Å². The highest BCUT2D eigenvalue weighted by molar-refractivity contribution is 6.65. The SMILES string of the molecule is CC(=O)N[C@@H](C(=O)Cl)[C@@H](O)[C@@H](O)[C@H](O)CO. The molecule has 0 fully saturated rings. The maximum absolute atomic E-state index is 10.9. The second kappa shape index (κ2) is 6.77. The van der Waals surface area contributed by atoms with Crippen molar-refractivity contribution in [2.75, 3.05) is 6.61 Å². The summed E-state index contributed by atoms with van der Waals surface area (Å²) in [5, 5.41) is 37.2. The molecule has 0 spiro atoms. The normalized spacial score (nSPS) is 18.4. The summed E-state index contributed by atoms with van der Waals surface area (Å²) in [6, 6.07) is -1.55. The molecule has 0 heterocycles. The molecule has 0 rings (SSSR count). The van der Waals surface area contributed by atoms with Crippen molar-refractivity contribution >= 4 is 22.8 Å². The Morgan fingerprint density at radius 3 is 2.06 bits per heavy atom. The summed E-state index contributed by atoms with van der Waals surface area (Å²) in [6.45, 7) is 0.288. The molecule has 0 radical (unpaired) electrons. The number of hydrogen-bond donors (Lipinski definition) is 5. The summed E-state index contributed by atoms with van der Waals surface area (Å²) in [6.07, 6.45) is -5.25. The van der Waals surface area contributed by atoms with Crippen molar-refractivity contribution < 1.29 is 30.0 Å². The Kier molecular flexibility index (Phi) is 6.46. The quantitative estimate of drug-likeness (QED) is 0.330. The fourth-order valence-corrected chi connectivity index (χ4v) is 1.21. The van der Waals surface area contributed by atoms with Gasteiger partial charge in [-0.2, -0.15) is 0 Å². The van der Waals surface area contributed by atoms with Crippen LogP contribution in [0.2, 0.25) is 0 Å². The zero-order chi connectivity index (χ0) is 12.9. The van der Waals surface area contributed by atoms with Crippen LogP contribution in [0.25, 0.3) is 0 Å². The molecule has 0 unspecified atom stereocenters. The summed E-state index contributed by atoms with van der Waals surface area (Å²) < 4.78 is 0. The zero-order valence-electron chi connectivity index (χ0n) is 8.50. The molecular formula is C8H14ClNO6. The summed E-state index contributed by atoms with van der Waals surface area (Å²) in [5.74, 6) is -0.635.